The summed E-state index contributed by atoms with van der Waals surface area (Å²) in [5.74, 6) is -2.20. The second-order valence-electron chi connectivity index (χ2n) is 10.4. The maximum Gasteiger partial charge on any atom is 0.423 e. The van der Waals surface area contributed by atoms with E-state index in [-0.39, 0.29) is 41.3 Å². The van der Waals surface area contributed by atoms with Crippen LogP contribution in [0.4, 0.5) is 29.2 Å². The number of aryl methyl sites for hydroxylation is 1. The third-order valence-electron chi connectivity index (χ3n) is 7.47. The predicted octanol–water partition coefficient (Wildman–Crippen LogP) is 5.38. The maximum absolute atomic E-state index is 15.1. The van der Waals surface area contributed by atoms with Gasteiger partial charge in [0.15, 0.2) is 0 Å². The largest absolute Gasteiger partial charge is 0.495 e. The highest BCUT2D eigenvalue weighted by molar-refractivity contribution is 5.96. The monoisotopic (exact) mass is 589 g/mol. The molecule has 224 valence electrons. The number of carbonyl (C=O) groups is 1. The van der Waals surface area contributed by atoms with Crippen LogP contribution in [0.2, 0.25) is 0 Å². The van der Waals surface area contributed by atoms with Crippen LogP contribution in [0.3, 0.4) is 0 Å². The molecule has 0 radical (unpaired) electrons. The van der Waals surface area contributed by atoms with Crippen molar-refractivity contribution in [2.45, 2.75) is 45.0 Å². The Labute approximate surface area is 240 Å². The zero-order chi connectivity index (χ0) is 30.0. The molecule has 1 aromatic heterocycles. The van der Waals surface area contributed by atoms with Crippen molar-refractivity contribution >= 4 is 17.5 Å². The SMILES string of the molecule is COc1cc(C(=O)NC2CCN(C)CC2)c(F)cc1Nc1ncc(C(F)(F)F)c(Oc2ccc(C)c3c2COCC3)n1. The minimum Gasteiger partial charge on any atom is -0.495 e. The molecule has 0 spiro atoms. The van der Waals surface area contributed by atoms with E-state index in [0.717, 1.165) is 43.1 Å². The van der Waals surface area contributed by atoms with Gasteiger partial charge in [0.2, 0.25) is 11.8 Å². The minimum absolute atomic E-state index is 0.0117. The van der Waals surface area contributed by atoms with Crippen molar-refractivity contribution in [3.63, 3.8) is 0 Å². The molecule has 2 N–H and O–H groups in total. The van der Waals surface area contributed by atoms with E-state index in [1.165, 1.54) is 13.2 Å². The molecule has 9 nitrogen and oxygen atoms in total. The van der Waals surface area contributed by atoms with E-state index >= 15 is 4.39 Å². The molecule has 2 aliphatic heterocycles. The topological polar surface area (TPSA) is 97.8 Å². The Balaban J connectivity index is 1.42. The van der Waals surface area contributed by atoms with Crippen molar-refractivity contribution in [3.05, 3.63) is 64.1 Å². The minimum atomic E-state index is -4.80. The fourth-order valence-electron chi connectivity index (χ4n) is 5.07. The summed E-state index contributed by atoms with van der Waals surface area (Å²) >= 11 is 0. The molecule has 0 saturated carbocycles. The number of methoxy groups -OCH3 is 1. The molecule has 0 bridgehead atoms. The number of likely N-dealkylation sites (tertiary alicyclic amines) is 1. The van der Waals surface area contributed by atoms with Crippen LogP contribution in [0, 0.1) is 12.7 Å². The Morgan fingerprint density at radius 2 is 1.90 bits per heavy atom. The van der Waals surface area contributed by atoms with Gasteiger partial charge in [-0.1, -0.05) is 6.07 Å². The Bertz CT molecular complexity index is 1480. The number of nitrogens with zero attached hydrogens (tertiary/aromatic N) is 3. The van der Waals surface area contributed by atoms with Crippen LogP contribution in [0.15, 0.2) is 30.5 Å². The highest BCUT2D eigenvalue weighted by Gasteiger charge is 2.37. The van der Waals surface area contributed by atoms with Gasteiger partial charge >= 0.3 is 6.18 Å². The van der Waals surface area contributed by atoms with E-state index in [1.807, 2.05) is 14.0 Å². The molecule has 1 amide bonds. The summed E-state index contributed by atoms with van der Waals surface area (Å²) in [6.07, 6.45) is -2.11. The summed E-state index contributed by atoms with van der Waals surface area (Å²) in [6, 6.07) is 5.50. The number of nitrogens with one attached hydrogen (secondary N) is 2. The summed E-state index contributed by atoms with van der Waals surface area (Å²) in [5, 5.41) is 5.55. The molecule has 3 aromatic rings. The second kappa shape index (κ2) is 12.1. The number of benzene rings is 2. The van der Waals surface area contributed by atoms with Gasteiger partial charge in [-0.25, -0.2) is 9.37 Å². The number of piperidine rings is 1. The van der Waals surface area contributed by atoms with Crippen molar-refractivity contribution in [1.29, 1.82) is 0 Å². The number of aromatic nitrogens is 2. The van der Waals surface area contributed by atoms with Gasteiger partial charge in [0.05, 0.1) is 31.6 Å². The average Bonchev–Trinajstić information content (AvgIpc) is 2.95. The molecule has 1 fully saturated rings. The first-order valence-corrected chi connectivity index (χ1v) is 13.5. The molecule has 0 aliphatic carbocycles. The van der Waals surface area contributed by atoms with Crippen LogP contribution >= 0.6 is 0 Å². The molecule has 2 aromatic carbocycles. The van der Waals surface area contributed by atoms with Crippen LogP contribution in [0.25, 0.3) is 0 Å². The first-order valence-electron chi connectivity index (χ1n) is 13.5. The Kier molecular flexibility index (Phi) is 8.50. The zero-order valence-corrected chi connectivity index (χ0v) is 23.4. The zero-order valence-electron chi connectivity index (χ0n) is 23.4. The fraction of sp³-hybridized carbons (Fsp3) is 0.414. The molecule has 0 unspecified atom stereocenters. The van der Waals surface area contributed by atoms with E-state index in [2.05, 4.69) is 25.5 Å². The van der Waals surface area contributed by atoms with Gasteiger partial charge in [-0.05, 0) is 69.6 Å². The van der Waals surface area contributed by atoms with Crippen LogP contribution in [-0.4, -0.2) is 60.7 Å². The lowest BCUT2D eigenvalue weighted by Crippen LogP contribution is -2.43. The summed E-state index contributed by atoms with van der Waals surface area (Å²) in [4.78, 5) is 22.7. The Morgan fingerprint density at radius 1 is 1.14 bits per heavy atom. The molecule has 2 aliphatic rings. The standard InChI is InChI=1S/C29H31F4N5O4/c1-16-4-5-24(20-15-41-11-8-18(16)20)42-27-21(29(31,32)33)14-34-28(37-27)36-23-13-22(30)19(12-25(23)40-3)26(39)35-17-6-9-38(2)10-7-17/h4-5,12-14,17H,6-11,15H2,1-3H3,(H,35,39)(H,34,36,37). The highest BCUT2D eigenvalue weighted by Crippen LogP contribution is 2.40. The van der Waals surface area contributed by atoms with Gasteiger partial charge in [0, 0.05) is 23.9 Å². The quantitative estimate of drug-likeness (QED) is 0.355. The number of alkyl halides is 3. The van der Waals surface area contributed by atoms with Crippen molar-refractivity contribution in [3.8, 4) is 17.4 Å². The van der Waals surface area contributed by atoms with Crippen LogP contribution in [-0.2, 0) is 23.9 Å². The van der Waals surface area contributed by atoms with Gasteiger partial charge in [-0.2, -0.15) is 18.2 Å². The second-order valence-corrected chi connectivity index (χ2v) is 10.4. The Morgan fingerprint density at radius 3 is 2.62 bits per heavy atom. The maximum atomic E-state index is 15.1. The van der Waals surface area contributed by atoms with E-state index in [1.54, 1.807) is 12.1 Å². The predicted molar refractivity (Wildman–Crippen MR) is 146 cm³/mol. The molecular weight excluding hydrogens is 558 g/mol. The summed E-state index contributed by atoms with van der Waals surface area (Å²) in [5.41, 5.74) is 1.20. The molecule has 1 saturated heterocycles. The molecule has 42 heavy (non-hydrogen) atoms. The van der Waals surface area contributed by atoms with Gasteiger partial charge < -0.3 is 29.7 Å². The smallest absolute Gasteiger partial charge is 0.423 e. The number of fused-ring (bicyclic) bond motifs is 1. The van der Waals surface area contributed by atoms with Crippen molar-refractivity contribution < 1.29 is 36.6 Å². The normalized spacial score (nSPS) is 16.1. The summed E-state index contributed by atoms with van der Waals surface area (Å²) in [7, 11) is 3.32. The first kappa shape index (κ1) is 29.5. The molecule has 3 heterocycles. The summed E-state index contributed by atoms with van der Waals surface area (Å²) < 4.78 is 73.3. The Hall–Kier alpha value is -3.97. The third-order valence-corrected chi connectivity index (χ3v) is 7.47. The molecule has 0 atom stereocenters. The third kappa shape index (κ3) is 6.41. The summed E-state index contributed by atoms with van der Waals surface area (Å²) in [6.45, 7) is 4.25. The number of hydrogen-bond acceptors (Lipinski definition) is 8. The highest BCUT2D eigenvalue weighted by atomic mass is 19.4. The van der Waals surface area contributed by atoms with Crippen LogP contribution in [0.5, 0.6) is 17.4 Å². The lowest BCUT2D eigenvalue weighted by molar-refractivity contribution is -0.139. The van der Waals surface area contributed by atoms with Crippen molar-refractivity contribution in [1.82, 2.24) is 20.2 Å². The van der Waals surface area contributed by atoms with E-state index in [9.17, 15) is 18.0 Å². The van der Waals surface area contributed by atoms with E-state index in [4.69, 9.17) is 14.2 Å². The van der Waals surface area contributed by atoms with Gasteiger partial charge in [0.25, 0.3) is 5.91 Å². The van der Waals surface area contributed by atoms with Crippen LogP contribution in [0.1, 0.15) is 45.5 Å². The number of hydrogen-bond donors (Lipinski definition) is 2. The number of anilines is 2. The molecular formula is C29H31F4N5O4. The first-order chi connectivity index (χ1) is 20.0. The fourth-order valence-corrected chi connectivity index (χ4v) is 5.07. The number of halogens is 4. The number of carbonyl (C=O) groups excluding carboxylic acids is 1. The van der Waals surface area contributed by atoms with E-state index in [0.29, 0.717) is 24.8 Å². The number of rotatable bonds is 7. The number of ether oxygens (including phenoxy) is 3. The van der Waals surface area contributed by atoms with Gasteiger partial charge in [-0.15, -0.1) is 0 Å². The van der Waals surface area contributed by atoms with Crippen molar-refractivity contribution in [2.75, 3.05) is 39.2 Å². The number of amides is 1. The van der Waals surface area contributed by atoms with Gasteiger partial charge in [0.1, 0.15) is 22.9 Å². The lowest BCUT2D eigenvalue weighted by atomic mass is 9.97. The average molecular weight is 590 g/mol. The van der Waals surface area contributed by atoms with Crippen LogP contribution < -0.4 is 20.1 Å². The molecule has 5 rings (SSSR count). The van der Waals surface area contributed by atoms with E-state index < -0.39 is 29.3 Å². The lowest BCUT2D eigenvalue weighted by Gasteiger charge is -2.29. The molecule has 13 heteroatoms. The van der Waals surface area contributed by atoms with Gasteiger partial charge in [-0.3, -0.25) is 4.79 Å². The van der Waals surface area contributed by atoms with Crippen molar-refractivity contribution in [2.24, 2.45) is 0 Å².